The fourth-order valence-corrected chi connectivity index (χ4v) is 3.65. The minimum atomic E-state index is -0.271. The Labute approximate surface area is 169 Å². The first-order chi connectivity index (χ1) is 14.3. The molecule has 1 aliphatic rings. The summed E-state index contributed by atoms with van der Waals surface area (Å²) in [6.45, 7) is 0.966. The lowest BCUT2D eigenvalue weighted by Gasteiger charge is -2.18. The molecule has 2 aromatic heterocycles. The van der Waals surface area contributed by atoms with Crippen LogP contribution in [-0.2, 0) is 0 Å². The van der Waals surface area contributed by atoms with Gasteiger partial charge in [0.2, 0.25) is 5.82 Å². The van der Waals surface area contributed by atoms with Gasteiger partial charge in [0.05, 0.1) is 16.1 Å². The van der Waals surface area contributed by atoms with Gasteiger partial charge < -0.3 is 19.3 Å². The van der Waals surface area contributed by atoms with Crippen molar-refractivity contribution in [1.82, 2.24) is 10.1 Å². The number of carbonyl (C=O) groups is 1. The second-order valence-corrected chi connectivity index (χ2v) is 7.21. The molecular weight excluding hydrogens is 390 g/mol. The van der Waals surface area contributed by atoms with Gasteiger partial charge in [-0.2, -0.15) is 4.98 Å². The summed E-state index contributed by atoms with van der Waals surface area (Å²) < 4.78 is 16.5. The van der Waals surface area contributed by atoms with Crippen LogP contribution < -0.4 is 14.8 Å². The monoisotopic (exact) mass is 405 g/mol. The minimum Gasteiger partial charge on any atom is -0.486 e. The molecule has 0 unspecified atom stereocenters. The smallest absolute Gasteiger partial charge is 0.260 e. The van der Waals surface area contributed by atoms with Crippen molar-refractivity contribution in [2.24, 2.45) is 0 Å². The lowest BCUT2D eigenvalue weighted by Crippen LogP contribution is -2.17. The van der Waals surface area contributed by atoms with E-state index >= 15 is 0 Å². The Hall–Kier alpha value is -3.65. The molecule has 1 N–H and O–H groups in total. The van der Waals surface area contributed by atoms with Crippen LogP contribution in [0.5, 0.6) is 11.5 Å². The van der Waals surface area contributed by atoms with E-state index in [2.05, 4.69) is 15.5 Å². The molecule has 8 heteroatoms. The summed E-state index contributed by atoms with van der Waals surface area (Å²) in [6, 6.07) is 16.3. The second kappa shape index (κ2) is 7.40. The first-order valence-corrected chi connectivity index (χ1v) is 9.84. The number of nitrogens with zero attached hydrogens (tertiary/aromatic N) is 2. The van der Waals surface area contributed by atoms with Crippen LogP contribution in [0.2, 0.25) is 0 Å². The molecule has 7 nitrogen and oxygen atoms in total. The molecule has 1 amide bonds. The molecule has 0 fully saturated rings. The summed E-state index contributed by atoms with van der Waals surface area (Å²) in [6.07, 6.45) is 0. The molecule has 144 valence electrons. The number of thiophene rings is 1. The predicted molar refractivity (Wildman–Crippen MR) is 108 cm³/mol. The Morgan fingerprint density at radius 1 is 1.00 bits per heavy atom. The molecular formula is C21H15N3O4S. The van der Waals surface area contributed by atoms with Gasteiger partial charge in [-0.25, -0.2) is 0 Å². The topological polar surface area (TPSA) is 86.5 Å². The van der Waals surface area contributed by atoms with E-state index in [0.29, 0.717) is 53.2 Å². The summed E-state index contributed by atoms with van der Waals surface area (Å²) in [5.41, 5.74) is 1.69. The van der Waals surface area contributed by atoms with Gasteiger partial charge in [-0.05, 0) is 41.8 Å². The SMILES string of the molecule is O=C(Nc1ccccc1-c1nc(-c2cccs2)no1)c1ccc2c(c1)OCCO2. The third kappa shape index (κ3) is 3.45. The highest BCUT2D eigenvalue weighted by Crippen LogP contribution is 2.32. The quantitative estimate of drug-likeness (QED) is 0.538. The van der Waals surface area contributed by atoms with Gasteiger partial charge in [-0.3, -0.25) is 4.79 Å². The van der Waals surface area contributed by atoms with Gasteiger partial charge >= 0.3 is 0 Å². The van der Waals surface area contributed by atoms with Crippen LogP contribution in [0.1, 0.15) is 10.4 Å². The second-order valence-electron chi connectivity index (χ2n) is 6.26. The zero-order valence-corrected chi connectivity index (χ0v) is 15.9. The number of fused-ring (bicyclic) bond motifs is 1. The van der Waals surface area contributed by atoms with Gasteiger partial charge in [-0.1, -0.05) is 23.4 Å². The van der Waals surface area contributed by atoms with E-state index in [1.807, 2.05) is 35.7 Å². The van der Waals surface area contributed by atoms with Crippen LogP contribution in [0.25, 0.3) is 22.2 Å². The van der Waals surface area contributed by atoms with Crippen molar-refractivity contribution in [3.05, 3.63) is 65.5 Å². The molecule has 29 heavy (non-hydrogen) atoms. The van der Waals surface area contributed by atoms with Gasteiger partial charge in [0.1, 0.15) is 13.2 Å². The third-order valence-corrected chi connectivity index (χ3v) is 5.24. The van der Waals surface area contributed by atoms with Crippen molar-refractivity contribution in [1.29, 1.82) is 0 Å². The number of hydrogen-bond acceptors (Lipinski definition) is 7. The van der Waals surface area contributed by atoms with Gasteiger partial charge in [-0.15, -0.1) is 11.3 Å². The Balaban J connectivity index is 1.42. The Kier molecular flexibility index (Phi) is 4.45. The summed E-state index contributed by atoms with van der Waals surface area (Å²) in [7, 11) is 0. The molecule has 0 atom stereocenters. The number of nitrogens with one attached hydrogen (secondary N) is 1. The van der Waals surface area contributed by atoms with Crippen molar-refractivity contribution < 1.29 is 18.8 Å². The molecule has 0 radical (unpaired) electrons. The summed E-state index contributed by atoms with van der Waals surface area (Å²) in [4.78, 5) is 18.2. The number of para-hydroxylation sites is 1. The number of aromatic nitrogens is 2. The highest BCUT2D eigenvalue weighted by atomic mass is 32.1. The number of ether oxygens (including phenoxy) is 2. The summed E-state index contributed by atoms with van der Waals surface area (Å²) in [5, 5.41) is 8.91. The Morgan fingerprint density at radius 2 is 1.86 bits per heavy atom. The maximum Gasteiger partial charge on any atom is 0.260 e. The number of carbonyl (C=O) groups excluding carboxylic acids is 1. The molecule has 5 rings (SSSR count). The van der Waals surface area contributed by atoms with Crippen LogP contribution in [0.15, 0.2) is 64.5 Å². The van der Waals surface area contributed by atoms with Gasteiger partial charge in [0.15, 0.2) is 11.5 Å². The average Bonchev–Trinajstić information content (AvgIpc) is 3.46. The van der Waals surface area contributed by atoms with E-state index in [1.54, 1.807) is 24.3 Å². The van der Waals surface area contributed by atoms with Crippen molar-refractivity contribution in [3.63, 3.8) is 0 Å². The molecule has 1 aliphatic heterocycles. The van der Waals surface area contributed by atoms with E-state index in [9.17, 15) is 4.79 Å². The molecule has 0 bridgehead atoms. The Morgan fingerprint density at radius 3 is 2.72 bits per heavy atom. The van der Waals surface area contributed by atoms with Gasteiger partial charge in [0, 0.05) is 5.56 Å². The number of hydrogen-bond donors (Lipinski definition) is 1. The Bertz CT molecular complexity index is 1170. The molecule has 0 spiro atoms. The standard InChI is InChI=1S/C21H15N3O4S/c25-20(13-7-8-16-17(12-13)27-10-9-26-16)22-15-5-2-1-4-14(15)21-23-19(24-28-21)18-6-3-11-29-18/h1-8,11-12H,9-10H2,(H,22,25). The maximum atomic E-state index is 12.8. The van der Waals surface area contributed by atoms with E-state index < -0.39 is 0 Å². The molecule has 4 aromatic rings. The average molecular weight is 405 g/mol. The number of anilines is 1. The van der Waals surface area contributed by atoms with Crippen LogP contribution in [-0.4, -0.2) is 29.3 Å². The van der Waals surface area contributed by atoms with Crippen LogP contribution in [0.4, 0.5) is 5.69 Å². The summed E-state index contributed by atoms with van der Waals surface area (Å²) >= 11 is 1.53. The fraction of sp³-hybridized carbons (Fsp3) is 0.0952. The van der Waals surface area contributed by atoms with Crippen LogP contribution in [0.3, 0.4) is 0 Å². The van der Waals surface area contributed by atoms with Crippen molar-refractivity contribution >= 4 is 22.9 Å². The molecule has 0 saturated carbocycles. The molecule has 0 saturated heterocycles. The normalized spacial score (nSPS) is 12.6. The van der Waals surface area contributed by atoms with Crippen molar-refractivity contribution in [2.75, 3.05) is 18.5 Å². The number of rotatable bonds is 4. The molecule has 3 heterocycles. The lowest BCUT2D eigenvalue weighted by molar-refractivity contribution is 0.102. The van der Waals surface area contributed by atoms with E-state index in [4.69, 9.17) is 14.0 Å². The number of benzene rings is 2. The zero-order chi connectivity index (χ0) is 19.6. The number of amides is 1. The largest absolute Gasteiger partial charge is 0.486 e. The fourth-order valence-electron chi connectivity index (χ4n) is 3.00. The molecule has 0 aliphatic carbocycles. The van der Waals surface area contributed by atoms with E-state index in [-0.39, 0.29) is 5.91 Å². The summed E-state index contributed by atoms with van der Waals surface area (Å²) in [5.74, 6) is 1.79. The van der Waals surface area contributed by atoms with E-state index in [1.165, 1.54) is 11.3 Å². The first kappa shape index (κ1) is 17.4. The van der Waals surface area contributed by atoms with Gasteiger partial charge in [0.25, 0.3) is 11.8 Å². The molecule has 2 aromatic carbocycles. The predicted octanol–water partition coefficient (Wildman–Crippen LogP) is 4.49. The van der Waals surface area contributed by atoms with Crippen LogP contribution in [0, 0.1) is 0 Å². The highest BCUT2D eigenvalue weighted by Gasteiger charge is 2.18. The zero-order valence-electron chi connectivity index (χ0n) is 15.1. The van der Waals surface area contributed by atoms with Crippen LogP contribution >= 0.6 is 11.3 Å². The van der Waals surface area contributed by atoms with E-state index in [0.717, 1.165) is 4.88 Å². The minimum absolute atomic E-state index is 0.271. The first-order valence-electron chi connectivity index (χ1n) is 8.96. The van der Waals surface area contributed by atoms with Crippen molar-refractivity contribution in [3.8, 4) is 33.7 Å². The lowest BCUT2D eigenvalue weighted by atomic mass is 10.1. The maximum absolute atomic E-state index is 12.8. The highest BCUT2D eigenvalue weighted by molar-refractivity contribution is 7.13. The van der Waals surface area contributed by atoms with Crippen molar-refractivity contribution in [2.45, 2.75) is 0 Å². The third-order valence-electron chi connectivity index (χ3n) is 4.38.